The monoisotopic (exact) mass is 369 g/mol. The molecule has 0 aliphatic heterocycles. The Bertz CT molecular complexity index is 875. The third-order valence-corrected chi connectivity index (χ3v) is 3.37. The van der Waals surface area contributed by atoms with Crippen LogP contribution in [0.4, 0.5) is 11.4 Å². The van der Waals surface area contributed by atoms with Crippen molar-refractivity contribution in [2.45, 2.75) is 13.8 Å². The SMILES string of the molecule is CCOc1ccc(NC(=O)/C(=C/c2cccc([N+](=O)[O-])c2)NC(C)=O)cc1. The number of ether oxygens (including phenoxy) is 1. The fraction of sp³-hybridized carbons (Fsp3) is 0.158. The zero-order chi connectivity index (χ0) is 19.8. The normalized spacial score (nSPS) is 10.8. The Hall–Kier alpha value is -3.68. The van der Waals surface area contributed by atoms with E-state index in [1.54, 1.807) is 30.3 Å². The van der Waals surface area contributed by atoms with E-state index in [2.05, 4.69) is 10.6 Å². The molecule has 0 saturated carbocycles. The summed E-state index contributed by atoms with van der Waals surface area (Å²) < 4.78 is 5.34. The highest BCUT2D eigenvalue weighted by atomic mass is 16.6. The first kappa shape index (κ1) is 19.6. The van der Waals surface area contributed by atoms with Crippen LogP contribution in [0.5, 0.6) is 5.75 Å². The standard InChI is InChI=1S/C19H19N3O5/c1-3-27-17-9-7-15(8-10-17)21-19(24)18(20-13(2)23)12-14-5-4-6-16(11-14)22(25)26/h4-12H,3H2,1-2H3,(H,20,23)(H,21,24)/b18-12-. The van der Waals surface area contributed by atoms with E-state index < -0.39 is 16.7 Å². The Kier molecular flexibility index (Phi) is 6.65. The van der Waals surface area contributed by atoms with Gasteiger partial charge in [-0.15, -0.1) is 0 Å². The van der Waals surface area contributed by atoms with Gasteiger partial charge in [-0.2, -0.15) is 0 Å². The average Bonchev–Trinajstić information content (AvgIpc) is 2.63. The second kappa shape index (κ2) is 9.14. The Balaban J connectivity index is 2.24. The van der Waals surface area contributed by atoms with Gasteiger partial charge in [0.15, 0.2) is 0 Å². The molecular weight excluding hydrogens is 350 g/mol. The van der Waals surface area contributed by atoms with Crippen LogP contribution < -0.4 is 15.4 Å². The van der Waals surface area contributed by atoms with E-state index in [1.807, 2.05) is 6.92 Å². The number of nitrogens with one attached hydrogen (secondary N) is 2. The second-order valence-corrected chi connectivity index (χ2v) is 5.50. The summed E-state index contributed by atoms with van der Waals surface area (Å²) in [6.07, 6.45) is 1.37. The van der Waals surface area contributed by atoms with E-state index in [0.29, 0.717) is 23.6 Å². The predicted octanol–water partition coefficient (Wildman–Crippen LogP) is 3.11. The quantitative estimate of drug-likeness (QED) is 0.443. The molecule has 0 spiro atoms. The summed E-state index contributed by atoms with van der Waals surface area (Å²) in [7, 11) is 0. The Morgan fingerprint density at radius 2 is 1.89 bits per heavy atom. The van der Waals surface area contributed by atoms with Crippen molar-refractivity contribution in [3.63, 3.8) is 0 Å². The molecule has 0 aliphatic rings. The average molecular weight is 369 g/mol. The van der Waals surface area contributed by atoms with Crippen LogP contribution >= 0.6 is 0 Å². The van der Waals surface area contributed by atoms with E-state index >= 15 is 0 Å². The highest BCUT2D eigenvalue weighted by Crippen LogP contribution is 2.18. The Morgan fingerprint density at radius 3 is 2.48 bits per heavy atom. The number of carbonyl (C=O) groups is 2. The molecule has 2 aromatic carbocycles. The molecule has 8 heteroatoms. The van der Waals surface area contributed by atoms with Crippen molar-refractivity contribution < 1.29 is 19.2 Å². The minimum atomic E-state index is -0.555. The molecule has 2 aromatic rings. The highest BCUT2D eigenvalue weighted by molar-refractivity contribution is 6.08. The van der Waals surface area contributed by atoms with Crippen LogP contribution in [0.2, 0.25) is 0 Å². The van der Waals surface area contributed by atoms with Gasteiger partial charge in [-0.25, -0.2) is 0 Å². The lowest BCUT2D eigenvalue weighted by Gasteiger charge is -2.10. The zero-order valence-corrected chi connectivity index (χ0v) is 14.9. The lowest BCUT2D eigenvalue weighted by Crippen LogP contribution is -2.28. The fourth-order valence-electron chi connectivity index (χ4n) is 2.24. The summed E-state index contributed by atoms with van der Waals surface area (Å²) >= 11 is 0. The predicted molar refractivity (Wildman–Crippen MR) is 101 cm³/mol. The molecule has 0 heterocycles. The molecule has 0 bridgehead atoms. The minimum absolute atomic E-state index is 0.0307. The van der Waals surface area contributed by atoms with Crippen LogP contribution in [0.3, 0.4) is 0 Å². The van der Waals surface area contributed by atoms with Gasteiger partial charge >= 0.3 is 0 Å². The molecule has 0 radical (unpaired) electrons. The van der Waals surface area contributed by atoms with E-state index in [-0.39, 0.29) is 11.4 Å². The van der Waals surface area contributed by atoms with Gasteiger partial charge in [0.1, 0.15) is 11.4 Å². The van der Waals surface area contributed by atoms with Crippen molar-refractivity contribution in [1.82, 2.24) is 5.32 Å². The van der Waals surface area contributed by atoms with E-state index in [4.69, 9.17) is 4.74 Å². The number of carbonyl (C=O) groups excluding carboxylic acids is 2. The van der Waals surface area contributed by atoms with Crippen molar-refractivity contribution in [3.8, 4) is 5.75 Å². The van der Waals surface area contributed by atoms with Gasteiger partial charge in [-0.1, -0.05) is 12.1 Å². The van der Waals surface area contributed by atoms with Gasteiger partial charge in [-0.05, 0) is 42.8 Å². The molecule has 0 atom stereocenters. The third-order valence-electron chi connectivity index (χ3n) is 3.37. The van der Waals surface area contributed by atoms with Crippen molar-refractivity contribution >= 4 is 29.3 Å². The van der Waals surface area contributed by atoms with Crippen LogP contribution in [0, 0.1) is 10.1 Å². The number of rotatable bonds is 7. The molecule has 8 nitrogen and oxygen atoms in total. The summed E-state index contributed by atoms with van der Waals surface area (Å²) in [5.41, 5.74) is 0.781. The minimum Gasteiger partial charge on any atom is -0.494 e. The van der Waals surface area contributed by atoms with Gasteiger partial charge in [0, 0.05) is 24.7 Å². The molecule has 0 aromatic heterocycles. The number of nitrogens with zero attached hydrogens (tertiary/aromatic N) is 1. The van der Waals surface area contributed by atoms with Crippen LogP contribution in [0.25, 0.3) is 6.08 Å². The molecular formula is C19H19N3O5. The molecule has 27 heavy (non-hydrogen) atoms. The van der Waals surface area contributed by atoms with E-state index in [9.17, 15) is 19.7 Å². The Labute approximate surface area is 156 Å². The van der Waals surface area contributed by atoms with Crippen LogP contribution in [-0.2, 0) is 9.59 Å². The fourth-order valence-corrected chi connectivity index (χ4v) is 2.24. The van der Waals surface area contributed by atoms with Crippen molar-refractivity contribution in [1.29, 1.82) is 0 Å². The lowest BCUT2D eigenvalue weighted by molar-refractivity contribution is -0.384. The van der Waals surface area contributed by atoms with Crippen LogP contribution in [-0.4, -0.2) is 23.3 Å². The summed E-state index contributed by atoms with van der Waals surface area (Å²) in [4.78, 5) is 34.3. The molecule has 0 saturated heterocycles. The number of benzene rings is 2. The van der Waals surface area contributed by atoms with E-state index in [1.165, 1.54) is 31.2 Å². The van der Waals surface area contributed by atoms with Crippen LogP contribution in [0.1, 0.15) is 19.4 Å². The van der Waals surface area contributed by atoms with Crippen LogP contribution in [0.15, 0.2) is 54.2 Å². The number of amides is 2. The first-order chi connectivity index (χ1) is 12.9. The zero-order valence-electron chi connectivity index (χ0n) is 14.9. The first-order valence-electron chi connectivity index (χ1n) is 8.17. The molecule has 0 unspecified atom stereocenters. The maximum atomic E-state index is 12.5. The Morgan fingerprint density at radius 1 is 1.19 bits per heavy atom. The second-order valence-electron chi connectivity index (χ2n) is 5.50. The number of nitro benzene ring substituents is 1. The summed E-state index contributed by atoms with van der Waals surface area (Å²) in [5, 5.41) is 16.0. The maximum absolute atomic E-state index is 12.5. The van der Waals surface area contributed by atoms with Gasteiger partial charge in [0.25, 0.3) is 11.6 Å². The van der Waals surface area contributed by atoms with Gasteiger partial charge in [0.2, 0.25) is 5.91 Å². The molecule has 140 valence electrons. The molecule has 0 aliphatic carbocycles. The number of anilines is 1. The van der Waals surface area contributed by atoms with Gasteiger partial charge in [-0.3, -0.25) is 19.7 Å². The third kappa shape index (κ3) is 5.96. The maximum Gasteiger partial charge on any atom is 0.272 e. The van der Waals surface area contributed by atoms with Crippen molar-refractivity contribution in [2.24, 2.45) is 0 Å². The summed E-state index contributed by atoms with van der Waals surface area (Å²) in [6, 6.07) is 12.5. The number of non-ortho nitro benzene ring substituents is 1. The van der Waals surface area contributed by atoms with Gasteiger partial charge < -0.3 is 15.4 Å². The van der Waals surface area contributed by atoms with E-state index in [0.717, 1.165) is 0 Å². The van der Waals surface area contributed by atoms with Crippen molar-refractivity contribution in [3.05, 3.63) is 69.9 Å². The molecule has 0 fully saturated rings. The van der Waals surface area contributed by atoms with Crippen molar-refractivity contribution in [2.75, 3.05) is 11.9 Å². The number of hydrogen-bond donors (Lipinski definition) is 2. The summed E-state index contributed by atoms with van der Waals surface area (Å²) in [5.74, 6) is -0.320. The topological polar surface area (TPSA) is 111 Å². The van der Waals surface area contributed by atoms with Gasteiger partial charge in [0.05, 0.1) is 11.5 Å². The molecule has 2 rings (SSSR count). The number of hydrogen-bond acceptors (Lipinski definition) is 5. The summed E-state index contributed by atoms with van der Waals surface area (Å²) in [6.45, 7) is 3.67. The highest BCUT2D eigenvalue weighted by Gasteiger charge is 2.13. The molecule has 2 N–H and O–H groups in total. The molecule has 2 amide bonds. The first-order valence-corrected chi connectivity index (χ1v) is 8.17. The largest absolute Gasteiger partial charge is 0.494 e. The number of nitro groups is 1. The smallest absolute Gasteiger partial charge is 0.272 e. The lowest BCUT2D eigenvalue weighted by atomic mass is 10.1.